The molecule has 2 aromatic rings. The molecule has 0 atom stereocenters. The van der Waals surface area contributed by atoms with Gasteiger partial charge in [-0.1, -0.05) is 12.1 Å². The Morgan fingerprint density at radius 3 is 2.60 bits per heavy atom. The molecule has 0 saturated carbocycles. The molecular weight excluding hydrogens is 252 g/mol. The maximum Gasteiger partial charge on any atom is 0.0642 e. The summed E-state index contributed by atoms with van der Waals surface area (Å²) in [6.45, 7) is 5.30. The van der Waals surface area contributed by atoms with Crippen LogP contribution in [-0.4, -0.2) is 36.5 Å². The van der Waals surface area contributed by atoms with Crippen LogP contribution in [0.1, 0.15) is 11.3 Å². The number of nitrogens with one attached hydrogen (secondary N) is 2. The van der Waals surface area contributed by atoms with Gasteiger partial charge in [-0.3, -0.25) is 5.10 Å². The number of H-pyrrole nitrogens is 1. The van der Waals surface area contributed by atoms with E-state index in [4.69, 9.17) is 4.74 Å². The van der Waals surface area contributed by atoms with Gasteiger partial charge in [0.05, 0.1) is 13.2 Å². The van der Waals surface area contributed by atoms with E-state index >= 15 is 0 Å². The zero-order chi connectivity index (χ0) is 13.6. The first-order chi connectivity index (χ1) is 9.92. The minimum Gasteiger partial charge on any atom is -0.378 e. The van der Waals surface area contributed by atoms with Crippen LogP contribution in [0.25, 0.3) is 0 Å². The number of hydrogen-bond donors (Lipinski definition) is 2. The molecule has 0 radical (unpaired) electrons. The van der Waals surface area contributed by atoms with Crippen LogP contribution in [0.2, 0.25) is 0 Å². The van der Waals surface area contributed by atoms with Gasteiger partial charge in [-0.15, -0.1) is 0 Å². The molecule has 2 heterocycles. The summed E-state index contributed by atoms with van der Waals surface area (Å²) in [5.41, 5.74) is 3.68. The predicted octanol–water partition coefficient (Wildman–Crippen LogP) is 1.54. The van der Waals surface area contributed by atoms with Gasteiger partial charge >= 0.3 is 0 Å². The summed E-state index contributed by atoms with van der Waals surface area (Å²) in [6, 6.07) is 10.7. The molecule has 3 rings (SSSR count). The van der Waals surface area contributed by atoms with Crippen LogP contribution >= 0.6 is 0 Å². The van der Waals surface area contributed by atoms with E-state index in [9.17, 15) is 0 Å². The van der Waals surface area contributed by atoms with Crippen LogP contribution in [0.15, 0.2) is 36.5 Å². The Hall–Kier alpha value is -1.85. The molecule has 0 aliphatic carbocycles. The smallest absolute Gasteiger partial charge is 0.0642 e. The number of benzene rings is 1. The van der Waals surface area contributed by atoms with Crippen molar-refractivity contribution in [1.82, 2.24) is 15.5 Å². The molecule has 1 aromatic carbocycles. The molecule has 1 aliphatic rings. The zero-order valence-electron chi connectivity index (χ0n) is 11.5. The first-order valence-corrected chi connectivity index (χ1v) is 7.02. The average Bonchev–Trinajstić information content (AvgIpc) is 3.02. The number of hydrogen-bond acceptors (Lipinski definition) is 4. The van der Waals surface area contributed by atoms with Crippen molar-refractivity contribution in [3.05, 3.63) is 47.8 Å². The van der Waals surface area contributed by atoms with Crippen LogP contribution in [0.3, 0.4) is 0 Å². The van der Waals surface area contributed by atoms with E-state index in [0.717, 1.165) is 45.1 Å². The molecule has 1 saturated heterocycles. The van der Waals surface area contributed by atoms with Crippen LogP contribution < -0.4 is 10.2 Å². The first-order valence-electron chi connectivity index (χ1n) is 7.02. The Morgan fingerprint density at radius 2 is 1.90 bits per heavy atom. The lowest BCUT2D eigenvalue weighted by Crippen LogP contribution is -2.36. The largest absolute Gasteiger partial charge is 0.378 e. The van der Waals surface area contributed by atoms with Gasteiger partial charge in [0.1, 0.15) is 0 Å². The van der Waals surface area contributed by atoms with E-state index in [2.05, 4.69) is 44.7 Å². The fourth-order valence-electron chi connectivity index (χ4n) is 2.37. The number of ether oxygens (including phenoxy) is 1. The van der Waals surface area contributed by atoms with Crippen molar-refractivity contribution >= 4 is 5.69 Å². The minimum atomic E-state index is 0.811. The molecule has 106 valence electrons. The first kappa shape index (κ1) is 13.1. The van der Waals surface area contributed by atoms with E-state index in [1.54, 1.807) is 6.20 Å². The van der Waals surface area contributed by atoms with Crippen LogP contribution in [0, 0.1) is 0 Å². The molecule has 2 N–H and O–H groups in total. The highest BCUT2D eigenvalue weighted by atomic mass is 16.5. The molecule has 1 fully saturated rings. The fourth-order valence-corrected chi connectivity index (χ4v) is 2.37. The summed E-state index contributed by atoms with van der Waals surface area (Å²) in [5, 5.41) is 10.3. The van der Waals surface area contributed by atoms with E-state index < -0.39 is 0 Å². The Kier molecular flexibility index (Phi) is 4.30. The SMILES string of the molecule is c1cc(CNCc2ccc(N3CCOCC3)cc2)[nH]n1. The molecule has 1 aliphatic heterocycles. The highest BCUT2D eigenvalue weighted by Crippen LogP contribution is 2.16. The second-order valence-corrected chi connectivity index (χ2v) is 4.95. The highest BCUT2D eigenvalue weighted by Gasteiger charge is 2.10. The quantitative estimate of drug-likeness (QED) is 0.867. The summed E-state index contributed by atoms with van der Waals surface area (Å²) in [5.74, 6) is 0. The molecule has 0 unspecified atom stereocenters. The van der Waals surface area contributed by atoms with E-state index in [-0.39, 0.29) is 0 Å². The van der Waals surface area contributed by atoms with Crippen molar-refractivity contribution in [2.24, 2.45) is 0 Å². The average molecular weight is 272 g/mol. The second-order valence-electron chi connectivity index (χ2n) is 4.95. The molecule has 0 amide bonds. The van der Waals surface area contributed by atoms with Crippen molar-refractivity contribution in [3.8, 4) is 0 Å². The Balaban J connectivity index is 1.50. The molecule has 0 bridgehead atoms. The molecule has 5 nitrogen and oxygen atoms in total. The number of morpholine rings is 1. The monoisotopic (exact) mass is 272 g/mol. The minimum absolute atomic E-state index is 0.811. The fraction of sp³-hybridized carbons (Fsp3) is 0.400. The van der Waals surface area contributed by atoms with Gasteiger partial charge in [-0.2, -0.15) is 5.10 Å². The van der Waals surface area contributed by atoms with Crippen LogP contribution in [0.4, 0.5) is 5.69 Å². The Morgan fingerprint density at radius 1 is 1.10 bits per heavy atom. The van der Waals surface area contributed by atoms with Gasteiger partial charge in [0.15, 0.2) is 0 Å². The molecule has 5 heteroatoms. The summed E-state index contributed by atoms with van der Waals surface area (Å²) in [6.07, 6.45) is 1.77. The number of rotatable bonds is 5. The van der Waals surface area contributed by atoms with Crippen molar-refractivity contribution in [3.63, 3.8) is 0 Å². The van der Waals surface area contributed by atoms with Gasteiger partial charge in [0.2, 0.25) is 0 Å². The van der Waals surface area contributed by atoms with Crippen LogP contribution in [0.5, 0.6) is 0 Å². The normalized spacial score (nSPS) is 15.5. The van der Waals surface area contributed by atoms with Gasteiger partial charge in [-0.25, -0.2) is 0 Å². The zero-order valence-corrected chi connectivity index (χ0v) is 11.5. The van der Waals surface area contributed by atoms with E-state index in [1.807, 2.05) is 6.07 Å². The summed E-state index contributed by atoms with van der Waals surface area (Å²) in [7, 11) is 0. The maximum absolute atomic E-state index is 5.37. The molecule has 0 spiro atoms. The van der Waals surface area contributed by atoms with Crippen molar-refractivity contribution in [2.45, 2.75) is 13.1 Å². The second kappa shape index (κ2) is 6.54. The standard InChI is InChI=1S/C15H20N4O/c1-3-15(19-7-9-20-10-8-19)4-2-13(1)11-16-12-14-5-6-17-18-14/h1-6,16H,7-12H2,(H,17,18). The summed E-state index contributed by atoms with van der Waals surface area (Å²) < 4.78 is 5.37. The van der Waals surface area contributed by atoms with Gasteiger partial charge in [0.25, 0.3) is 0 Å². The summed E-state index contributed by atoms with van der Waals surface area (Å²) in [4.78, 5) is 2.37. The van der Waals surface area contributed by atoms with E-state index in [1.165, 1.54) is 11.3 Å². The van der Waals surface area contributed by atoms with Gasteiger partial charge in [-0.05, 0) is 23.8 Å². The van der Waals surface area contributed by atoms with Gasteiger partial charge in [0, 0.05) is 43.8 Å². The lowest BCUT2D eigenvalue weighted by atomic mass is 10.2. The molecule has 20 heavy (non-hydrogen) atoms. The third-order valence-corrected chi connectivity index (χ3v) is 3.52. The topological polar surface area (TPSA) is 53.2 Å². The predicted molar refractivity (Wildman–Crippen MR) is 78.6 cm³/mol. The van der Waals surface area contributed by atoms with Crippen molar-refractivity contribution in [1.29, 1.82) is 0 Å². The number of nitrogens with zero attached hydrogens (tertiary/aromatic N) is 2. The van der Waals surface area contributed by atoms with Crippen LogP contribution in [-0.2, 0) is 17.8 Å². The maximum atomic E-state index is 5.37. The molecular formula is C15H20N4O. The number of aromatic amines is 1. The Bertz CT molecular complexity index is 503. The third-order valence-electron chi connectivity index (χ3n) is 3.52. The highest BCUT2D eigenvalue weighted by molar-refractivity contribution is 5.47. The lowest BCUT2D eigenvalue weighted by Gasteiger charge is -2.28. The lowest BCUT2D eigenvalue weighted by molar-refractivity contribution is 0.122. The van der Waals surface area contributed by atoms with Gasteiger partial charge < -0.3 is 15.0 Å². The van der Waals surface area contributed by atoms with Crippen molar-refractivity contribution in [2.75, 3.05) is 31.2 Å². The van der Waals surface area contributed by atoms with Crippen molar-refractivity contribution < 1.29 is 4.74 Å². The molecule has 1 aromatic heterocycles. The Labute approximate surface area is 118 Å². The number of anilines is 1. The number of aromatic nitrogens is 2. The van der Waals surface area contributed by atoms with E-state index in [0.29, 0.717) is 0 Å². The third kappa shape index (κ3) is 3.37. The summed E-state index contributed by atoms with van der Waals surface area (Å²) >= 11 is 0.